The van der Waals surface area contributed by atoms with E-state index in [4.69, 9.17) is 0 Å². The molecule has 4 fully saturated rings. The van der Waals surface area contributed by atoms with Crippen molar-refractivity contribution >= 4 is 0 Å². The third-order valence-corrected chi connectivity index (χ3v) is 6.25. The average molecular weight is 248 g/mol. The molecule has 5 atom stereocenters. The van der Waals surface area contributed by atoms with Gasteiger partial charge in [-0.1, -0.05) is 13.8 Å². The van der Waals surface area contributed by atoms with Crippen LogP contribution in [0, 0.1) is 29.6 Å². The van der Waals surface area contributed by atoms with Crippen molar-refractivity contribution in [1.29, 1.82) is 0 Å². The lowest BCUT2D eigenvalue weighted by molar-refractivity contribution is 0.256. The van der Waals surface area contributed by atoms with E-state index in [0.717, 1.165) is 35.6 Å². The molecule has 102 valence electrons. The van der Waals surface area contributed by atoms with Gasteiger partial charge in [0, 0.05) is 18.6 Å². The molecule has 5 unspecified atom stereocenters. The van der Waals surface area contributed by atoms with E-state index in [1.165, 1.54) is 26.1 Å². The molecule has 3 saturated carbocycles. The minimum absolute atomic E-state index is 0.648. The molecule has 0 amide bonds. The topological polar surface area (TPSA) is 15.3 Å². The number of hydrogen-bond acceptors (Lipinski definition) is 2. The molecular weight excluding hydrogens is 220 g/mol. The summed E-state index contributed by atoms with van der Waals surface area (Å²) >= 11 is 0. The molecule has 1 aliphatic heterocycles. The normalized spacial score (nSPS) is 50.2. The summed E-state index contributed by atoms with van der Waals surface area (Å²) in [5.74, 6) is 5.48. The Labute approximate surface area is 111 Å². The van der Waals surface area contributed by atoms with Gasteiger partial charge in [-0.15, -0.1) is 0 Å². The van der Waals surface area contributed by atoms with E-state index < -0.39 is 0 Å². The molecule has 0 radical (unpaired) electrons. The molecule has 0 aromatic heterocycles. The van der Waals surface area contributed by atoms with Gasteiger partial charge >= 0.3 is 0 Å². The predicted molar refractivity (Wildman–Crippen MR) is 74.4 cm³/mol. The smallest absolute Gasteiger partial charge is 0.0164 e. The highest BCUT2D eigenvalue weighted by molar-refractivity contribution is 5.18. The van der Waals surface area contributed by atoms with Crippen LogP contribution in [0.15, 0.2) is 0 Å². The zero-order valence-corrected chi connectivity index (χ0v) is 11.9. The van der Waals surface area contributed by atoms with Crippen molar-refractivity contribution in [1.82, 2.24) is 10.2 Å². The first-order valence-corrected chi connectivity index (χ1v) is 8.21. The third-order valence-electron chi connectivity index (χ3n) is 6.25. The van der Waals surface area contributed by atoms with Gasteiger partial charge in [-0.2, -0.15) is 0 Å². The van der Waals surface area contributed by atoms with E-state index in [1.807, 2.05) is 0 Å². The van der Waals surface area contributed by atoms with Gasteiger partial charge in [-0.25, -0.2) is 0 Å². The van der Waals surface area contributed by atoms with Gasteiger partial charge in [0.15, 0.2) is 0 Å². The van der Waals surface area contributed by atoms with Crippen LogP contribution in [0.5, 0.6) is 0 Å². The zero-order chi connectivity index (χ0) is 12.3. The van der Waals surface area contributed by atoms with Crippen LogP contribution in [0.2, 0.25) is 0 Å². The summed E-state index contributed by atoms with van der Waals surface area (Å²) in [5.41, 5.74) is 0. The van der Waals surface area contributed by atoms with Crippen molar-refractivity contribution in [3.05, 3.63) is 0 Å². The lowest BCUT2D eigenvalue weighted by Crippen LogP contribution is -2.32. The molecule has 4 rings (SSSR count). The van der Waals surface area contributed by atoms with Crippen molar-refractivity contribution in [3.8, 4) is 0 Å². The van der Waals surface area contributed by atoms with Crippen LogP contribution in [-0.2, 0) is 0 Å². The molecule has 0 spiro atoms. The number of nitrogens with one attached hydrogen (secondary N) is 1. The van der Waals surface area contributed by atoms with Gasteiger partial charge in [0.05, 0.1) is 0 Å². The van der Waals surface area contributed by atoms with Gasteiger partial charge in [0.1, 0.15) is 0 Å². The molecule has 0 aromatic carbocycles. The van der Waals surface area contributed by atoms with Crippen LogP contribution >= 0.6 is 0 Å². The Balaban J connectivity index is 1.31. The number of rotatable bonds is 4. The zero-order valence-electron chi connectivity index (χ0n) is 11.9. The van der Waals surface area contributed by atoms with E-state index in [2.05, 4.69) is 24.1 Å². The van der Waals surface area contributed by atoms with Gasteiger partial charge < -0.3 is 5.32 Å². The molecule has 4 aliphatic rings. The van der Waals surface area contributed by atoms with Crippen LogP contribution in [0.25, 0.3) is 0 Å². The average Bonchev–Trinajstić information content (AvgIpc) is 2.77. The first kappa shape index (κ1) is 11.7. The highest BCUT2D eigenvalue weighted by Gasteiger charge is 2.66. The van der Waals surface area contributed by atoms with Gasteiger partial charge in [0.2, 0.25) is 0 Å². The summed E-state index contributed by atoms with van der Waals surface area (Å²) in [5, 5.41) is 3.62. The molecule has 2 heteroatoms. The van der Waals surface area contributed by atoms with Crippen molar-refractivity contribution in [2.24, 2.45) is 29.6 Å². The maximum atomic E-state index is 3.62. The number of fused-ring (bicyclic) bond motifs is 5. The molecule has 2 bridgehead atoms. The van der Waals surface area contributed by atoms with Gasteiger partial charge in [0.25, 0.3) is 0 Å². The Morgan fingerprint density at radius 2 is 1.83 bits per heavy atom. The van der Waals surface area contributed by atoms with Crippen molar-refractivity contribution in [2.45, 2.75) is 51.6 Å². The lowest BCUT2D eigenvalue weighted by Gasteiger charge is -2.20. The summed E-state index contributed by atoms with van der Waals surface area (Å²) in [7, 11) is 0. The monoisotopic (exact) mass is 248 g/mol. The third kappa shape index (κ3) is 1.76. The van der Waals surface area contributed by atoms with E-state index in [0.29, 0.717) is 6.04 Å². The quantitative estimate of drug-likeness (QED) is 0.821. The second-order valence-electron chi connectivity index (χ2n) is 7.69. The summed E-state index contributed by atoms with van der Waals surface area (Å²) in [4.78, 5) is 2.87. The van der Waals surface area contributed by atoms with Gasteiger partial charge in [-0.05, 0) is 68.4 Å². The molecule has 1 saturated heterocycles. The SMILES string of the molecule is CC(C)NCC1CCN(C2C3C4CCC(C4)C32)C1. The molecule has 3 aliphatic carbocycles. The Morgan fingerprint density at radius 3 is 2.50 bits per heavy atom. The Kier molecular flexibility index (Phi) is 2.74. The van der Waals surface area contributed by atoms with E-state index in [-0.39, 0.29) is 0 Å². The van der Waals surface area contributed by atoms with Gasteiger partial charge in [-0.3, -0.25) is 4.90 Å². The Bertz CT molecular complexity index is 311. The minimum Gasteiger partial charge on any atom is -0.314 e. The number of nitrogens with zero attached hydrogens (tertiary/aromatic N) is 1. The lowest BCUT2D eigenvalue weighted by atomic mass is 10.0. The number of likely N-dealkylation sites (tertiary alicyclic amines) is 1. The molecule has 2 nitrogen and oxygen atoms in total. The Hall–Kier alpha value is -0.0800. The first-order valence-electron chi connectivity index (χ1n) is 8.21. The van der Waals surface area contributed by atoms with Crippen molar-refractivity contribution < 1.29 is 0 Å². The molecule has 1 N–H and O–H groups in total. The van der Waals surface area contributed by atoms with E-state index in [9.17, 15) is 0 Å². The predicted octanol–water partition coefficient (Wildman–Crippen LogP) is 2.35. The van der Waals surface area contributed by atoms with Crippen molar-refractivity contribution in [2.75, 3.05) is 19.6 Å². The fraction of sp³-hybridized carbons (Fsp3) is 1.00. The fourth-order valence-electron chi connectivity index (χ4n) is 5.47. The summed E-state index contributed by atoms with van der Waals surface area (Å²) in [6.45, 7) is 8.53. The Morgan fingerprint density at radius 1 is 1.11 bits per heavy atom. The molecule has 18 heavy (non-hydrogen) atoms. The molecule has 1 heterocycles. The second-order valence-corrected chi connectivity index (χ2v) is 7.69. The number of hydrogen-bond donors (Lipinski definition) is 1. The largest absolute Gasteiger partial charge is 0.314 e. The maximum Gasteiger partial charge on any atom is 0.0164 e. The summed E-state index contributed by atoms with van der Waals surface area (Å²) in [6, 6.07) is 1.68. The van der Waals surface area contributed by atoms with Crippen LogP contribution in [0.3, 0.4) is 0 Å². The van der Waals surface area contributed by atoms with Crippen LogP contribution in [0.1, 0.15) is 39.5 Å². The maximum absolute atomic E-state index is 3.62. The van der Waals surface area contributed by atoms with E-state index >= 15 is 0 Å². The first-order chi connectivity index (χ1) is 8.74. The van der Waals surface area contributed by atoms with Crippen LogP contribution in [-0.4, -0.2) is 36.6 Å². The van der Waals surface area contributed by atoms with Crippen molar-refractivity contribution in [3.63, 3.8) is 0 Å². The molecular formula is C16H28N2. The van der Waals surface area contributed by atoms with Crippen LogP contribution in [0.4, 0.5) is 0 Å². The van der Waals surface area contributed by atoms with E-state index in [1.54, 1.807) is 19.3 Å². The standard InChI is InChI=1S/C16H28N2/c1-10(2)17-8-11-5-6-18(9-11)16-14-12-3-4-13(7-12)15(14)16/h10-17H,3-9H2,1-2H3. The summed E-state index contributed by atoms with van der Waals surface area (Å²) < 4.78 is 0. The van der Waals surface area contributed by atoms with Crippen LogP contribution < -0.4 is 5.32 Å². The molecule has 0 aromatic rings. The highest BCUT2D eigenvalue weighted by atomic mass is 15.2. The highest BCUT2D eigenvalue weighted by Crippen LogP contribution is 2.67. The fourth-order valence-corrected chi connectivity index (χ4v) is 5.47. The minimum atomic E-state index is 0.648. The summed E-state index contributed by atoms with van der Waals surface area (Å²) in [6.07, 6.45) is 6.16. The second kappa shape index (κ2) is 4.21.